The van der Waals surface area contributed by atoms with E-state index in [2.05, 4.69) is 15.8 Å². The number of aromatic nitrogens is 1. The van der Waals surface area contributed by atoms with E-state index in [-0.39, 0.29) is 5.75 Å². The smallest absolute Gasteiger partial charge is 0.269 e. The number of amides is 2. The number of benzene rings is 2. The zero-order valence-corrected chi connectivity index (χ0v) is 17.0. The van der Waals surface area contributed by atoms with Crippen LogP contribution in [0.4, 0.5) is 10.1 Å². The van der Waals surface area contributed by atoms with Crippen molar-refractivity contribution in [1.82, 2.24) is 15.8 Å². The van der Waals surface area contributed by atoms with Crippen molar-refractivity contribution in [3.8, 4) is 11.5 Å². The van der Waals surface area contributed by atoms with E-state index in [0.29, 0.717) is 16.9 Å². The van der Waals surface area contributed by atoms with Crippen molar-refractivity contribution in [2.75, 3.05) is 19.0 Å². The quantitative estimate of drug-likeness (QED) is 0.471. The molecule has 0 unspecified atom stereocenters. The Labute approximate surface area is 179 Å². The molecule has 7 nitrogen and oxygen atoms in total. The molecule has 1 aromatic heterocycles. The van der Waals surface area contributed by atoms with E-state index in [1.807, 2.05) is 25.1 Å². The predicted molar refractivity (Wildman–Crippen MR) is 116 cm³/mol. The molecule has 2 aromatic carbocycles. The van der Waals surface area contributed by atoms with Gasteiger partial charge in [-0.3, -0.25) is 25.4 Å². The minimum absolute atomic E-state index is 0.0434. The van der Waals surface area contributed by atoms with Crippen molar-refractivity contribution >= 4 is 23.6 Å². The van der Waals surface area contributed by atoms with Crippen LogP contribution in [0.5, 0.6) is 11.5 Å². The van der Waals surface area contributed by atoms with Gasteiger partial charge >= 0.3 is 0 Å². The maximum atomic E-state index is 14.3. The van der Waals surface area contributed by atoms with E-state index >= 15 is 0 Å². The predicted octanol–water partition coefficient (Wildman–Crippen LogP) is 3.55. The molecule has 8 heteroatoms. The molecule has 3 rings (SSSR count). The molecular formula is C23H21FN4O3. The highest BCUT2D eigenvalue weighted by molar-refractivity contribution is 5.98. The summed E-state index contributed by atoms with van der Waals surface area (Å²) in [5, 5.41) is 0. The Morgan fingerprint density at radius 2 is 1.90 bits per heavy atom. The highest BCUT2D eigenvalue weighted by Gasteiger charge is 2.08. The second kappa shape index (κ2) is 10.0. The van der Waals surface area contributed by atoms with Crippen molar-refractivity contribution in [1.29, 1.82) is 0 Å². The number of hydrogen-bond acceptors (Lipinski definition) is 5. The molecule has 158 valence electrons. The van der Waals surface area contributed by atoms with Gasteiger partial charge in [0.25, 0.3) is 11.8 Å². The lowest BCUT2D eigenvalue weighted by Gasteiger charge is -2.13. The maximum absolute atomic E-state index is 14.3. The topological polar surface area (TPSA) is 83.6 Å². The van der Waals surface area contributed by atoms with Gasteiger partial charge in [-0.1, -0.05) is 12.1 Å². The van der Waals surface area contributed by atoms with Gasteiger partial charge in [0.05, 0.1) is 6.20 Å². The van der Waals surface area contributed by atoms with Crippen LogP contribution in [0.15, 0.2) is 73.1 Å². The molecule has 0 aliphatic heterocycles. The molecular weight excluding hydrogens is 399 g/mol. The Balaban J connectivity index is 1.55. The highest BCUT2D eigenvalue weighted by atomic mass is 19.1. The maximum Gasteiger partial charge on any atom is 0.269 e. The van der Waals surface area contributed by atoms with Gasteiger partial charge in [0.15, 0.2) is 11.6 Å². The molecule has 0 fully saturated rings. The number of pyridine rings is 1. The molecule has 0 saturated heterocycles. The lowest BCUT2D eigenvalue weighted by molar-refractivity contribution is -0.117. The van der Waals surface area contributed by atoms with E-state index in [4.69, 9.17) is 4.74 Å². The Bertz CT molecular complexity index is 1100. The van der Waals surface area contributed by atoms with Crippen LogP contribution in [0.1, 0.15) is 15.9 Å². The average molecular weight is 420 g/mol. The first-order valence-electron chi connectivity index (χ1n) is 9.35. The summed E-state index contributed by atoms with van der Waals surface area (Å²) in [6.45, 7) is 0. The molecule has 2 N–H and O–H groups in total. The summed E-state index contributed by atoms with van der Waals surface area (Å²) < 4.78 is 19.7. The third kappa shape index (κ3) is 6.14. The second-order valence-electron chi connectivity index (χ2n) is 6.70. The van der Waals surface area contributed by atoms with Crippen molar-refractivity contribution < 1.29 is 18.7 Å². The average Bonchev–Trinajstić information content (AvgIpc) is 2.78. The molecule has 2 amide bonds. The molecule has 0 aliphatic carbocycles. The minimum atomic E-state index is -0.583. The fourth-order valence-corrected chi connectivity index (χ4v) is 2.57. The summed E-state index contributed by atoms with van der Waals surface area (Å²) in [4.78, 5) is 29.9. The minimum Gasteiger partial charge on any atom is -0.453 e. The van der Waals surface area contributed by atoms with E-state index in [9.17, 15) is 14.0 Å². The molecule has 0 saturated carbocycles. The zero-order chi connectivity index (χ0) is 22.2. The number of ether oxygens (including phenoxy) is 1. The molecule has 0 radical (unpaired) electrons. The fourth-order valence-electron chi connectivity index (χ4n) is 2.57. The van der Waals surface area contributed by atoms with E-state index in [0.717, 1.165) is 5.69 Å². The monoisotopic (exact) mass is 420 g/mol. The molecule has 1 heterocycles. The van der Waals surface area contributed by atoms with Gasteiger partial charge in [-0.2, -0.15) is 0 Å². The van der Waals surface area contributed by atoms with Crippen LogP contribution < -0.4 is 20.5 Å². The van der Waals surface area contributed by atoms with Crippen molar-refractivity contribution in [2.45, 2.75) is 0 Å². The molecule has 31 heavy (non-hydrogen) atoms. The Kier molecular flexibility index (Phi) is 6.95. The van der Waals surface area contributed by atoms with Crippen LogP contribution >= 0.6 is 0 Å². The van der Waals surface area contributed by atoms with Gasteiger partial charge in [0, 0.05) is 37.6 Å². The standard InChI is InChI=1S/C23H21FN4O3/c1-28(2)18-6-3-5-17(14-18)23(30)27-26-22(29)11-9-16-8-10-21(20(24)13-16)31-19-7-4-12-25-15-19/h3-15H,1-2H3,(H,26,29)(H,27,30)/b11-9+. The number of carbonyl (C=O) groups excluding carboxylic acids is 2. The third-order valence-corrected chi connectivity index (χ3v) is 4.17. The summed E-state index contributed by atoms with van der Waals surface area (Å²) in [6.07, 6.45) is 5.67. The van der Waals surface area contributed by atoms with Crippen molar-refractivity contribution in [3.05, 3.63) is 90.0 Å². The van der Waals surface area contributed by atoms with Crippen LogP contribution in [-0.2, 0) is 4.79 Å². The van der Waals surface area contributed by atoms with Gasteiger partial charge in [-0.25, -0.2) is 4.39 Å². The summed E-state index contributed by atoms with van der Waals surface area (Å²) in [6, 6.07) is 14.6. The van der Waals surface area contributed by atoms with E-state index < -0.39 is 17.6 Å². The highest BCUT2D eigenvalue weighted by Crippen LogP contribution is 2.24. The van der Waals surface area contributed by atoms with E-state index in [1.54, 1.807) is 42.6 Å². The summed E-state index contributed by atoms with van der Waals surface area (Å²) >= 11 is 0. The SMILES string of the molecule is CN(C)c1cccc(C(=O)NNC(=O)/C=C/c2ccc(Oc3cccnc3)c(F)c2)c1. The number of halogens is 1. The summed E-state index contributed by atoms with van der Waals surface area (Å²) in [5.74, 6) is -1.14. The molecule has 0 atom stereocenters. The number of anilines is 1. The first-order chi connectivity index (χ1) is 14.9. The third-order valence-electron chi connectivity index (χ3n) is 4.17. The van der Waals surface area contributed by atoms with Gasteiger partial charge in [0.1, 0.15) is 5.75 Å². The van der Waals surface area contributed by atoms with Crippen LogP contribution in [0, 0.1) is 5.82 Å². The Morgan fingerprint density at radius 3 is 2.61 bits per heavy atom. The van der Waals surface area contributed by atoms with Gasteiger partial charge < -0.3 is 9.64 Å². The normalized spacial score (nSPS) is 10.5. The van der Waals surface area contributed by atoms with Gasteiger partial charge in [-0.05, 0) is 54.1 Å². The van der Waals surface area contributed by atoms with E-state index in [1.165, 1.54) is 30.5 Å². The number of rotatable bonds is 6. The number of hydrazine groups is 1. The number of nitrogens with one attached hydrogen (secondary N) is 2. The molecule has 0 spiro atoms. The first-order valence-corrected chi connectivity index (χ1v) is 9.35. The molecule has 3 aromatic rings. The largest absolute Gasteiger partial charge is 0.453 e. The van der Waals surface area contributed by atoms with Crippen LogP contribution in [0.2, 0.25) is 0 Å². The Hall–Kier alpha value is -4.20. The summed E-state index contributed by atoms with van der Waals surface area (Å²) in [5.41, 5.74) is 6.35. The molecule has 0 bridgehead atoms. The first kappa shape index (κ1) is 21.5. The Morgan fingerprint density at radius 1 is 1.06 bits per heavy atom. The second-order valence-corrected chi connectivity index (χ2v) is 6.70. The zero-order valence-electron chi connectivity index (χ0n) is 17.0. The lowest BCUT2D eigenvalue weighted by atomic mass is 10.2. The number of hydrogen-bond donors (Lipinski definition) is 2. The lowest BCUT2D eigenvalue weighted by Crippen LogP contribution is -2.40. The summed E-state index contributed by atoms with van der Waals surface area (Å²) in [7, 11) is 3.73. The molecule has 0 aliphatic rings. The van der Waals surface area contributed by atoms with Crippen molar-refractivity contribution in [3.63, 3.8) is 0 Å². The fraction of sp³-hybridized carbons (Fsp3) is 0.0870. The van der Waals surface area contributed by atoms with Crippen LogP contribution in [0.3, 0.4) is 0 Å². The van der Waals surface area contributed by atoms with Gasteiger partial charge in [0.2, 0.25) is 0 Å². The van der Waals surface area contributed by atoms with Crippen molar-refractivity contribution in [2.24, 2.45) is 0 Å². The van der Waals surface area contributed by atoms with Gasteiger partial charge in [-0.15, -0.1) is 0 Å². The number of nitrogens with zero attached hydrogens (tertiary/aromatic N) is 2. The van der Waals surface area contributed by atoms with Crippen LogP contribution in [0.25, 0.3) is 6.08 Å². The van der Waals surface area contributed by atoms with Crippen LogP contribution in [-0.4, -0.2) is 30.9 Å². The number of carbonyl (C=O) groups is 2.